The SMILES string of the molecule is CC(C)(C)OC(=O)CC(=O)c1ccc(C(C)(C)C)cc1.CC(C)(C)OC(=O)CC(O)c1ccc(C(C)(C)C)cc1. The largest absolute Gasteiger partial charge is 0.460 e. The summed E-state index contributed by atoms with van der Waals surface area (Å²) in [6.07, 6.45) is -1.06. The zero-order valence-corrected chi connectivity index (χ0v) is 26.6. The number of rotatable bonds is 6. The van der Waals surface area contributed by atoms with Crippen LogP contribution in [0.15, 0.2) is 48.5 Å². The molecule has 0 amide bonds. The lowest BCUT2D eigenvalue weighted by Gasteiger charge is -2.22. The van der Waals surface area contributed by atoms with Crippen LogP contribution in [-0.4, -0.2) is 34.0 Å². The van der Waals surface area contributed by atoms with Gasteiger partial charge in [-0.1, -0.05) is 90.1 Å². The molecule has 1 atom stereocenters. The molecule has 0 aliphatic carbocycles. The molecular weight excluding hydrogens is 504 g/mol. The summed E-state index contributed by atoms with van der Waals surface area (Å²) in [7, 11) is 0. The van der Waals surface area contributed by atoms with Crippen LogP contribution in [0.25, 0.3) is 0 Å². The third kappa shape index (κ3) is 13.4. The highest BCUT2D eigenvalue weighted by molar-refractivity contribution is 6.06. The molecule has 0 aromatic heterocycles. The molecule has 0 bridgehead atoms. The number of hydrogen-bond donors (Lipinski definition) is 1. The van der Waals surface area contributed by atoms with E-state index < -0.39 is 23.3 Å². The number of carbonyl (C=O) groups is 3. The number of esters is 2. The number of benzene rings is 2. The molecule has 2 aromatic rings. The highest BCUT2D eigenvalue weighted by atomic mass is 16.6. The van der Waals surface area contributed by atoms with Gasteiger partial charge in [-0.3, -0.25) is 14.4 Å². The van der Waals surface area contributed by atoms with Gasteiger partial charge >= 0.3 is 11.9 Å². The van der Waals surface area contributed by atoms with E-state index in [9.17, 15) is 19.5 Å². The first kappa shape index (κ1) is 35.0. The van der Waals surface area contributed by atoms with Crippen LogP contribution in [0.2, 0.25) is 0 Å². The van der Waals surface area contributed by atoms with E-state index in [4.69, 9.17) is 9.47 Å². The topological polar surface area (TPSA) is 89.9 Å². The molecule has 2 aromatic carbocycles. The van der Waals surface area contributed by atoms with Gasteiger partial charge in [-0.2, -0.15) is 0 Å². The highest BCUT2D eigenvalue weighted by Crippen LogP contribution is 2.26. The summed E-state index contributed by atoms with van der Waals surface area (Å²) < 4.78 is 10.4. The molecule has 1 unspecified atom stereocenters. The van der Waals surface area contributed by atoms with Crippen LogP contribution in [0.3, 0.4) is 0 Å². The van der Waals surface area contributed by atoms with E-state index in [1.807, 2.05) is 57.2 Å². The molecule has 40 heavy (non-hydrogen) atoms. The van der Waals surface area contributed by atoms with Gasteiger partial charge in [0.1, 0.15) is 17.6 Å². The number of Topliss-reactive ketones (excluding diaryl/α,β-unsaturated/α-hetero) is 1. The first-order valence-electron chi connectivity index (χ1n) is 13.8. The smallest absolute Gasteiger partial charge is 0.314 e. The Morgan fingerprint density at radius 2 is 1.00 bits per heavy atom. The minimum absolute atomic E-state index is 0.0217. The Bertz CT molecular complexity index is 1120. The lowest BCUT2D eigenvalue weighted by Crippen LogP contribution is -2.25. The van der Waals surface area contributed by atoms with Crippen LogP contribution in [0.5, 0.6) is 0 Å². The fourth-order valence-electron chi connectivity index (χ4n) is 3.63. The number of carbonyl (C=O) groups excluding carboxylic acids is 3. The zero-order chi connectivity index (χ0) is 31.1. The van der Waals surface area contributed by atoms with E-state index in [0.717, 1.165) is 11.1 Å². The van der Waals surface area contributed by atoms with Crippen LogP contribution in [-0.2, 0) is 29.9 Å². The van der Waals surface area contributed by atoms with E-state index in [2.05, 4.69) is 41.5 Å². The van der Waals surface area contributed by atoms with Gasteiger partial charge in [0.05, 0.1) is 12.5 Å². The predicted molar refractivity (Wildman–Crippen MR) is 160 cm³/mol. The maximum absolute atomic E-state index is 12.0. The van der Waals surface area contributed by atoms with Crippen LogP contribution < -0.4 is 0 Å². The van der Waals surface area contributed by atoms with E-state index in [-0.39, 0.29) is 35.4 Å². The molecule has 1 N–H and O–H groups in total. The van der Waals surface area contributed by atoms with Crippen LogP contribution in [0, 0.1) is 0 Å². The van der Waals surface area contributed by atoms with Crippen molar-refractivity contribution in [1.29, 1.82) is 0 Å². The number of aliphatic hydroxyl groups excluding tert-OH is 1. The van der Waals surface area contributed by atoms with Gasteiger partial charge in [0.2, 0.25) is 0 Å². The van der Waals surface area contributed by atoms with Gasteiger partial charge in [-0.05, 0) is 69.1 Å². The van der Waals surface area contributed by atoms with Crippen molar-refractivity contribution < 1.29 is 29.0 Å². The summed E-state index contributed by atoms with van der Waals surface area (Å²) in [5.74, 6) is -1.08. The van der Waals surface area contributed by atoms with Gasteiger partial charge in [0.25, 0.3) is 0 Å². The second-order valence-electron chi connectivity index (χ2n) is 14.2. The number of hydrogen-bond acceptors (Lipinski definition) is 6. The summed E-state index contributed by atoms with van der Waals surface area (Å²) in [5.41, 5.74) is 2.69. The Morgan fingerprint density at radius 1 is 0.625 bits per heavy atom. The lowest BCUT2D eigenvalue weighted by atomic mass is 9.86. The minimum Gasteiger partial charge on any atom is -0.460 e. The second kappa shape index (κ2) is 13.6. The standard InChI is InChI=1S/C17H26O3.C17H24O3/c2*1-16(2,3)13-9-7-12(8-10-13)14(18)11-15(19)20-17(4,5)6/h7-10,14,18H,11H2,1-6H3;7-10H,11H2,1-6H3. The monoisotopic (exact) mass is 554 g/mol. The quantitative estimate of drug-likeness (QED) is 0.224. The lowest BCUT2D eigenvalue weighted by molar-refractivity contribution is -0.157. The molecule has 0 fully saturated rings. The predicted octanol–water partition coefficient (Wildman–Crippen LogP) is 7.65. The summed E-state index contributed by atoms with van der Waals surface area (Å²) in [6.45, 7) is 23.6. The molecule has 0 aliphatic rings. The van der Waals surface area contributed by atoms with Gasteiger partial charge < -0.3 is 14.6 Å². The van der Waals surface area contributed by atoms with Crippen LogP contribution in [0.4, 0.5) is 0 Å². The summed E-state index contributed by atoms with van der Waals surface area (Å²) >= 11 is 0. The fraction of sp³-hybridized carbons (Fsp3) is 0.559. The molecule has 6 nitrogen and oxygen atoms in total. The van der Waals surface area contributed by atoms with E-state index in [1.54, 1.807) is 32.9 Å². The van der Waals surface area contributed by atoms with Crippen molar-refractivity contribution in [1.82, 2.24) is 0 Å². The van der Waals surface area contributed by atoms with Crippen molar-refractivity contribution in [2.24, 2.45) is 0 Å². The molecule has 2 rings (SSSR count). The molecule has 0 spiro atoms. The molecule has 0 radical (unpaired) electrons. The first-order valence-corrected chi connectivity index (χ1v) is 13.8. The van der Waals surface area contributed by atoms with Gasteiger partial charge in [0, 0.05) is 5.56 Å². The van der Waals surface area contributed by atoms with Crippen molar-refractivity contribution in [3.8, 4) is 0 Å². The van der Waals surface area contributed by atoms with Gasteiger partial charge in [-0.15, -0.1) is 0 Å². The number of ether oxygens (including phenoxy) is 2. The van der Waals surface area contributed by atoms with E-state index in [1.165, 1.54) is 5.56 Å². The minimum atomic E-state index is -0.820. The molecule has 0 heterocycles. The van der Waals surface area contributed by atoms with Crippen molar-refractivity contribution >= 4 is 17.7 Å². The number of ketones is 1. The average Bonchev–Trinajstić information content (AvgIpc) is 2.76. The molecule has 0 saturated carbocycles. The Morgan fingerprint density at radius 3 is 1.38 bits per heavy atom. The molecule has 0 saturated heterocycles. The first-order chi connectivity index (χ1) is 18.0. The molecular formula is C34H50O6. The Kier molecular flexibility index (Phi) is 11.9. The average molecular weight is 555 g/mol. The van der Waals surface area contributed by atoms with Crippen molar-refractivity contribution in [2.75, 3.05) is 0 Å². The zero-order valence-electron chi connectivity index (χ0n) is 26.6. The van der Waals surface area contributed by atoms with E-state index in [0.29, 0.717) is 5.56 Å². The fourth-order valence-corrected chi connectivity index (χ4v) is 3.63. The van der Waals surface area contributed by atoms with Gasteiger partial charge in [-0.25, -0.2) is 0 Å². The maximum atomic E-state index is 12.0. The van der Waals surface area contributed by atoms with Crippen LogP contribution in [0.1, 0.15) is 129 Å². The van der Waals surface area contributed by atoms with Crippen molar-refractivity contribution in [3.05, 3.63) is 70.8 Å². The van der Waals surface area contributed by atoms with Crippen molar-refractivity contribution in [3.63, 3.8) is 0 Å². The summed E-state index contributed by atoms with van der Waals surface area (Å²) in [6, 6.07) is 15.1. The van der Waals surface area contributed by atoms with E-state index >= 15 is 0 Å². The normalized spacial score (nSPS) is 13.0. The highest BCUT2D eigenvalue weighted by Gasteiger charge is 2.22. The maximum Gasteiger partial charge on any atom is 0.314 e. The molecule has 0 aliphatic heterocycles. The Hall–Kier alpha value is -2.99. The second-order valence-corrected chi connectivity index (χ2v) is 14.2. The number of aliphatic hydroxyl groups is 1. The molecule has 222 valence electrons. The third-order valence-electron chi connectivity index (χ3n) is 5.74. The Labute approximate surface area is 241 Å². The molecule has 6 heteroatoms. The van der Waals surface area contributed by atoms with Gasteiger partial charge in [0.15, 0.2) is 5.78 Å². The Balaban J connectivity index is 0.000000400. The third-order valence-corrected chi connectivity index (χ3v) is 5.74. The summed E-state index contributed by atoms with van der Waals surface area (Å²) in [5, 5.41) is 10.1. The van der Waals surface area contributed by atoms with Crippen molar-refractivity contribution in [2.45, 2.75) is 124 Å². The summed E-state index contributed by atoms with van der Waals surface area (Å²) in [4.78, 5) is 35.3. The van der Waals surface area contributed by atoms with Crippen LogP contribution >= 0.6 is 0 Å².